The number of nitrogens with two attached hydrogens (primary N) is 1. The van der Waals surface area contributed by atoms with Gasteiger partial charge in [0.15, 0.2) is 5.82 Å². The van der Waals surface area contributed by atoms with E-state index in [0.29, 0.717) is 5.82 Å². The van der Waals surface area contributed by atoms with Crippen LogP contribution in [0.2, 0.25) is 0 Å². The third kappa shape index (κ3) is 1.84. The van der Waals surface area contributed by atoms with E-state index in [1.165, 1.54) is 11.1 Å². The molecule has 0 saturated heterocycles. The van der Waals surface area contributed by atoms with Gasteiger partial charge in [0, 0.05) is 35.5 Å². The van der Waals surface area contributed by atoms with Crippen LogP contribution >= 0.6 is 0 Å². The van der Waals surface area contributed by atoms with Crippen molar-refractivity contribution in [1.29, 1.82) is 0 Å². The van der Waals surface area contributed by atoms with Gasteiger partial charge in [-0.2, -0.15) is 5.10 Å². The van der Waals surface area contributed by atoms with Gasteiger partial charge in [0.25, 0.3) is 0 Å². The molecule has 0 spiro atoms. The fourth-order valence-electron chi connectivity index (χ4n) is 3.23. The normalized spacial score (nSPS) is 19.8. The second-order valence-corrected chi connectivity index (χ2v) is 5.58. The molecule has 1 aliphatic carbocycles. The SMILES string of the molecule is Nc1n[nH]c2c1C=CC(c1ccccc1)(c1ccncc1)C2. The number of aromatic nitrogens is 3. The summed E-state index contributed by atoms with van der Waals surface area (Å²) in [5.41, 5.74) is 10.2. The predicted octanol–water partition coefficient (Wildman–Crippen LogP) is 2.94. The van der Waals surface area contributed by atoms with E-state index >= 15 is 0 Å². The van der Waals surface area contributed by atoms with Crippen LogP contribution in [0.5, 0.6) is 0 Å². The molecule has 0 radical (unpaired) electrons. The zero-order chi connectivity index (χ0) is 15.0. The highest BCUT2D eigenvalue weighted by molar-refractivity contribution is 5.69. The molecule has 4 rings (SSSR count). The summed E-state index contributed by atoms with van der Waals surface area (Å²) in [7, 11) is 0. The Balaban J connectivity index is 1.93. The molecule has 3 aromatic rings. The molecule has 2 heterocycles. The maximum absolute atomic E-state index is 5.92. The number of aromatic amines is 1. The van der Waals surface area contributed by atoms with E-state index in [2.05, 4.69) is 63.7 Å². The summed E-state index contributed by atoms with van der Waals surface area (Å²) in [5, 5.41) is 7.22. The van der Waals surface area contributed by atoms with Gasteiger partial charge >= 0.3 is 0 Å². The number of H-pyrrole nitrogens is 1. The predicted molar refractivity (Wildman–Crippen MR) is 87.2 cm³/mol. The minimum absolute atomic E-state index is 0.226. The lowest BCUT2D eigenvalue weighted by Gasteiger charge is -2.34. The molecule has 3 N–H and O–H groups in total. The molecular weight excluding hydrogens is 272 g/mol. The quantitative estimate of drug-likeness (QED) is 0.762. The van der Waals surface area contributed by atoms with Crippen molar-refractivity contribution < 1.29 is 0 Å². The van der Waals surface area contributed by atoms with E-state index in [1.807, 2.05) is 18.5 Å². The maximum atomic E-state index is 5.92. The molecule has 0 aliphatic heterocycles. The minimum atomic E-state index is -0.226. The van der Waals surface area contributed by atoms with Gasteiger partial charge in [0.2, 0.25) is 0 Å². The van der Waals surface area contributed by atoms with Gasteiger partial charge in [0.05, 0.1) is 0 Å². The molecule has 0 fully saturated rings. The minimum Gasteiger partial charge on any atom is -0.382 e. The first-order chi connectivity index (χ1) is 10.8. The number of nitrogens with zero attached hydrogens (tertiary/aromatic N) is 2. The highest BCUT2D eigenvalue weighted by atomic mass is 15.2. The Labute approximate surface area is 128 Å². The van der Waals surface area contributed by atoms with E-state index in [0.717, 1.165) is 17.7 Å². The van der Waals surface area contributed by atoms with Crippen LogP contribution in [0.15, 0.2) is 60.9 Å². The second-order valence-electron chi connectivity index (χ2n) is 5.58. The number of hydrogen-bond acceptors (Lipinski definition) is 3. The van der Waals surface area contributed by atoms with Gasteiger partial charge in [-0.1, -0.05) is 42.5 Å². The summed E-state index contributed by atoms with van der Waals surface area (Å²) in [5.74, 6) is 0.558. The molecule has 22 heavy (non-hydrogen) atoms. The first kappa shape index (κ1) is 12.8. The zero-order valence-corrected chi connectivity index (χ0v) is 12.0. The van der Waals surface area contributed by atoms with E-state index in [1.54, 1.807) is 0 Å². The largest absolute Gasteiger partial charge is 0.382 e. The third-order valence-corrected chi connectivity index (χ3v) is 4.39. The lowest BCUT2D eigenvalue weighted by molar-refractivity contribution is 0.619. The van der Waals surface area contributed by atoms with Crippen molar-refractivity contribution in [1.82, 2.24) is 15.2 Å². The summed E-state index contributed by atoms with van der Waals surface area (Å²) >= 11 is 0. The van der Waals surface area contributed by atoms with E-state index in [-0.39, 0.29) is 5.41 Å². The fraction of sp³-hybridized carbons (Fsp3) is 0.111. The Bertz CT molecular complexity index is 779. The van der Waals surface area contributed by atoms with E-state index in [9.17, 15) is 0 Å². The molecule has 1 aliphatic rings. The highest BCUT2D eigenvalue weighted by Gasteiger charge is 2.36. The number of hydrogen-bond donors (Lipinski definition) is 2. The van der Waals surface area contributed by atoms with Crippen LogP contribution in [0.4, 0.5) is 5.82 Å². The van der Waals surface area contributed by atoms with Gasteiger partial charge in [-0.3, -0.25) is 10.1 Å². The fourth-order valence-corrected chi connectivity index (χ4v) is 3.23. The topological polar surface area (TPSA) is 67.6 Å². The zero-order valence-electron chi connectivity index (χ0n) is 12.0. The summed E-state index contributed by atoms with van der Waals surface area (Å²) < 4.78 is 0. The average molecular weight is 288 g/mol. The standard InChI is InChI=1S/C18H16N4/c19-17-15-6-9-18(12-16(15)21-22-17,13-4-2-1-3-5-13)14-7-10-20-11-8-14/h1-11H,12H2,(H3,19,21,22). The van der Waals surface area contributed by atoms with Crippen molar-refractivity contribution in [3.63, 3.8) is 0 Å². The molecule has 0 saturated carbocycles. The Morgan fingerprint density at radius 3 is 2.50 bits per heavy atom. The van der Waals surface area contributed by atoms with Crippen LogP contribution in [-0.4, -0.2) is 15.2 Å². The van der Waals surface area contributed by atoms with E-state index < -0.39 is 0 Å². The van der Waals surface area contributed by atoms with Crippen LogP contribution in [0.3, 0.4) is 0 Å². The third-order valence-electron chi connectivity index (χ3n) is 4.39. The number of benzene rings is 1. The Morgan fingerprint density at radius 1 is 1.00 bits per heavy atom. The first-order valence-corrected chi connectivity index (χ1v) is 7.27. The molecule has 0 bridgehead atoms. The Kier molecular flexibility index (Phi) is 2.82. The number of nitrogens with one attached hydrogen (secondary N) is 1. The number of allylic oxidation sites excluding steroid dienone is 1. The summed E-state index contributed by atoms with van der Waals surface area (Å²) in [6.45, 7) is 0. The average Bonchev–Trinajstić information content (AvgIpc) is 2.96. The van der Waals surface area contributed by atoms with Crippen LogP contribution < -0.4 is 5.73 Å². The van der Waals surface area contributed by atoms with Gasteiger partial charge in [-0.15, -0.1) is 0 Å². The number of anilines is 1. The van der Waals surface area contributed by atoms with Gasteiger partial charge in [-0.25, -0.2) is 0 Å². The number of nitrogen functional groups attached to an aromatic ring is 1. The van der Waals surface area contributed by atoms with Crippen molar-refractivity contribution in [2.75, 3.05) is 5.73 Å². The summed E-state index contributed by atoms with van der Waals surface area (Å²) in [6, 6.07) is 14.6. The molecule has 1 atom stereocenters. The van der Waals surface area contributed by atoms with Crippen molar-refractivity contribution in [2.45, 2.75) is 11.8 Å². The van der Waals surface area contributed by atoms with Gasteiger partial charge in [-0.05, 0) is 23.3 Å². The number of rotatable bonds is 2. The van der Waals surface area contributed by atoms with E-state index in [4.69, 9.17) is 5.73 Å². The second kappa shape index (κ2) is 4.84. The summed E-state index contributed by atoms with van der Waals surface area (Å²) in [4.78, 5) is 4.15. The Hall–Kier alpha value is -2.88. The lowest BCUT2D eigenvalue weighted by Crippen LogP contribution is -2.30. The molecule has 108 valence electrons. The van der Waals surface area contributed by atoms with Crippen molar-refractivity contribution in [3.05, 3.63) is 83.3 Å². The molecular formula is C18H16N4. The first-order valence-electron chi connectivity index (χ1n) is 7.27. The number of fused-ring (bicyclic) bond motifs is 1. The van der Waals surface area contributed by atoms with Gasteiger partial charge < -0.3 is 5.73 Å². The van der Waals surface area contributed by atoms with Crippen LogP contribution in [-0.2, 0) is 11.8 Å². The molecule has 4 heteroatoms. The Morgan fingerprint density at radius 2 is 1.73 bits per heavy atom. The van der Waals surface area contributed by atoms with Crippen molar-refractivity contribution in [2.24, 2.45) is 0 Å². The van der Waals surface area contributed by atoms with Gasteiger partial charge in [0.1, 0.15) is 0 Å². The number of pyridine rings is 1. The monoisotopic (exact) mass is 288 g/mol. The molecule has 0 amide bonds. The molecule has 1 aromatic carbocycles. The van der Waals surface area contributed by atoms with Crippen molar-refractivity contribution in [3.8, 4) is 0 Å². The highest BCUT2D eigenvalue weighted by Crippen LogP contribution is 2.41. The maximum Gasteiger partial charge on any atom is 0.152 e. The van der Waals surface area contributed by atoms with Crippen LogP contribution in [0.1, 0.15) is 22.4 Å². The van der Waals surface area contributed by atoms with Crippen molar-refractivity contribution >= 4 is 11.9 Å². The molecule has 1 unspecified atom stereocenters. The summed E-state index contributed by atoms with van der Waals surface area (Å²) in [6.07, 6.45) is 8.78. The smallest absolute Gasteiger partial charge is 0.152 e. The molecule has 2 aromatic heterocycles. The molecule has 4 nitrogen and oxygen atoms in total. The lowest BCUT2D eigenvalue weighted by atomic mass is 9.69. The van der Waals surface area contributed by atoms with Crippen LogP contribution in [0, 0.1) is 0 Å². The van der Waals surface area contributed by atoms with Crippen LogP contribution in [0.25, 0.3) is 6.08 Å².